The first-order valence-electron chi connectivity index (χ1n) is 18.3. The molecular formula is C36H60N6O7. The van der Waals surface area contributed by atoms with Crippen LogP contribution in [0.5, 0.6) is 5.75 Å². The number of ether oxygens (including phenoxy) is 3. The van der Waals surface area contributed by atoms with Crippen LogP contribution in [0.3, 0.4) is 0 Å². The van der Waals surface area contributed by atoms with Gasteiger partial charge in [-0.2, -0.15) is 0 Å². The Bertz CT molecular complexity index is 1120. The van der Waals surface area contributed by atoms with Crippen molar-refractivity contribution in [1.29, 1.82) is 0 Å². The fourth-order valence-corrected chi connectivity index (χ4v) is 5.23. The van der Waals surface area contributed by atoms with E-state index in [1.54, 1.807) is 6.92 Å². The molecule has 0 spiro atoms. The molecule has 49 heavy (non-hydrogen) atoms. The van der Waals surface area contributed by atoms with Crippen LogP contribution in [0.4, 0.5) is 0 Å². The maximum absolute atomic E-state index is 12.0. The van der Waals surface area contributed by atoms with E-state index in [0.717, 1.165) is 50.0 Å². The number of H-pyrrole nitrogens is 1. The Balaban J connectivity index is 1.23. The molecule has 0 aliphatic carbocycles. The molecule has 2 amide bonds. The highest BCUT2D eigenvalue weighted by molar-refractivity contribution is 5.77. The molecule has 13 nitrogen and oxygen atoms in total. The molecule has 0 aliphatic rings. The minimum Gasteiger partial charge on any atom is -0.494 e. The third-order valence-corrected chi connectivity index (χ3v) is 8.27. The summed E-state index contributed by atoms with van der Waals surface area (Å²) in [5, 5.41) is 28.3. The Kier molecular flexibility index (Phi) is 24.0. The van der Waals surface area contributed by atoms with E-state index >= 15 is 0 Å². The standard InChI is InChI=1S/C36H60N6O7/c1-30(36(45)46)17-14-15-23-37-34(44)29-48-28-27-47-26-24-38-33(43)18-13-11-9-7-5-3-2-4-6-8-10-12-16-25-49-32-21-19-31(20-22-32)35-39-41-42-40-35/h19-22,30H,2-18,23-29H2,1H3,(H,37,44)(H,38,43)(H,45,46)(H,39,40,41,42)/t30-/m0/s1. The van der Waals surface area contributed by atoms with Crippen LogP contribution in [-0.4, -0.2) is 89.6 Å². The summed E-state index contributed by atoms with van der Waals surface area (Å²) in [7, 11) is 0. The van der Waals surface area contributed by atoms with Gasteiger partial charge < -0.3 is 30.0 Å². The predicted octanol–water partition coefficient (Wildman–Crippen LogP) is 5.86. The topological polar surface area (TPSA) is 178 Å². The largest absolute Gasteiger partial charge is 0.494 e. The van der Waals surface area contributed by atoms with Crippen molar-refractivity contribution in [3.63, 3.8) is 0 Å². The number of aromatic nitrogens is 4. The number of tetrazole rings is 1. The third kappa shape index (κ3) is 22.6. The number of hydrogen-bond acceptors (Lipinski definition) is 9. The van der Waals surface area contributed by atoms with Gasteiger partial charge in [-0.3, -0.25) is 14.4 Å². The maximum Gasteiger partial charge on any atom is 0.306 e. The van der Waals surface area contributed by atoms with Crippen molar-refractivity contribution in [2.24, 2.45) is 5.92 Å². The van der Waals surface area contributed by atoms with Crippen LogP contribution in [0.2, 0.25) is 0 Å². The number of carboxylic acids is 1. The van der Waals surface area contributed by atoms with Gasteiger partial charge in [-0.05, 0) is 60.4 Å². The Morgan fingerprint density at radius 3 is 1.96 bits per heavy atom. The monoisotopic (exact) mass is 688 g/mol. The molecule has 276 valence electrons. The summed E-state index contributed by atoms with van der Waals surface area (Å²) < 4.78 is 16.6. The van der Waals surface area contributed by atoms with E-state index in [0.29, 0.717) is 51.6 Å². The lowest BCUT2D eigenvalue weighted by Gasteiger charge is -2.09. The molecule has 0 unspecified atom stereocenters. The smallest absolute Gasteiger partial charge is 0.306 e. The van der Waals surface area contributed by atoms with E-state index < -0.39 is 5.97 Å². The number of aliphatic carboxylic acids is 1. The molecular weight excluding hydrogens is 628 g/mol. The van der Waals surface area contributed by atoms with Crippen LogP contribution in [0, 0.1) is 5.92 Å². The van der Waals surface area contributed by atoms with Crippen molar-refractivity contribution in [2.45, 2.75) is 116 Å². The zero-order chi connectivity index (χ0) is 35.2. The second kappa shape index (κ2) is 28.3. The average molecular weight is 689 g/mol. The number of nitrogens with zero attached hydrogens (tertiary/aromatic N) is 3. The van der Waals surface area contributed by atoms with Gasteiger partial charge in [0.25, 0.3) is 0 Å². The summed E-state index contributed by atoms with van der Waals surface area (Å²) in [6, 6.07) is 7.81. The number of carbonyl (C=O) groups is 3. The summed E-state index contributed by atoms with van der Waals surface area (Å²) in [6.45, 7) is 4.44. The Hall–Kier alpha value is -3.58. The number of unbranched alkanes of at least 4 members (excludes halogenated alkanes) is 13. The van der Waals surface area contributed by atoms with Crippen LogP contribution in [0.25, 0.3) is 11.4 Å². The van der Waals surface area contributed by atoms with Crippen LogP contribution < -0.4 is 15.4 Å². The first-order chi connectivity index (χ1) is 24.0. The molecule has 1 aromatic heterocycles. The minimum atomic E-state index is -0.790. The fraction of sp³-hybridized carbons (Fsp3) is 0.722. The minimum absolute atomic E-state index is 0.0342. The van der Waals surface area contributed by atoms with Crippen LogP contribution in [0.15, 0.2) is 24.3 Å². The van der Waals surface area contributed by atoms with Crippen LogP contribution in [-0.2, 0) is 23.9 Å². The van der Waals surface area contributed by atoms with E-state index in [2.05, 4.69) is 31.3 Å². The van der Waals surface area contributed by atoms with Crippen molar-refractivity contribution in [2.75, 3.05) is 46.1 Å². The van der Waals surface area contributed by atoms with Crippen molar-refractivity contribution in [1.82, 2.24) is 31.3 Å². The summed E-state index contributed by atoms with van der Waals surface area (Å²) in [5.41, 5.74) is 0.938. The van der Waals surface area contributed by atoms with Gasteiger partial charge >= 0.3 is 5.97 Å². The van der Waals surface area contributed by atoms with Gasteiger partial charge in [0.1, 0.15) is 12.4 Å². The van der Waals surface area contributed by atoms with E-state index in [-0.39, 0.29) is 24.3 Å². The highest BCUT2D eigenvalue weighted by Gasteiger charge is 2.10. The third-order valence-electron chi connectivity index (χ3n) is 8.27. The summed E-state index contributed by atoms with van der Waals surface area (Å²) in [5.74, 6) is 0.243. The Labute approximate surface area is 292 Å². The second-order valence-corrected chi connectivity index (χ2v) is 12.6. The number of hydrogen-bond donors (Lipinski definition) is 4. The number of amides is 2. The van der Waals surface area contributed by atoms with Gasteiger partial charge in [-0.1, -0.05) is 84.0 Å². The van der Waals surface area contributed by atoms with Gasteiger partial charge in [0.05, 0.1) is 32.3 Å². The van der Waals surface area contributed by atoms with Crippen molar-refractivity contribution in [3.8, 4) is 17.1 Å². The average Bonchev–Trinajstić information content (AvgIpc) is 3.64. The van der Waals surface area contributed by atoms with Gasteiger partial charge in [-0.15, -0.1) is 5.10 Å². The molecule has 1 atom stereocenters. The van der Waals surface area contributed by atoms with E-state index in [9.17, 15) is 14.4 Å². The normalized spacial score (nSPS) is 11.7. The number of carboxylic acid groups (broad SMARTS) is 1. The molecule has 0 aliphatic heterocycles. The quantitative estimate of drug-likeness (QED) is 0.0681. The van der Waals surface area contributed by atoms with Crippen LogP contribution in [0.1, 0.15) is 116 Å². The number of nitrogens with one attached hydrogen (secondary N) is 3. The fourth-order valence-electron chi connectivity index (χ4n) is 5.23. The van der Waals surface area contributed by atoms with Gasteiger partial charge in [-0.25, -0.2) is 5.10 Å². The van der Waals surface area contributed by atoms with Crippen LogP contribution >= 0.6 is 0 Å². The predicted molar refractivity (Wildman–Crippen MR) is 188 cm³/mol. The molecule has 0 saturated heterocycles. The lowest BCUT2D eigenvalue weighted by atomic mass is 10.0. The first kappa shape index (κ1) is 41.6. The first-order valence-corrected chi connectivity index (χ1v) is 18.3. The van der Waals surface area contributed by atoms with Gasteiger partial charge in [0, 0.05) is 25.1 Å². The zero-order valence-electron chi connectivity index (χ0n) is 29.6. The summed E-state index contributed by atoms with van der Waals surface area (Å²) in [4.78, 5) is 34.5. The van der Waals surface area contributed by atoms with E-state index in [1.807, 2.05) is 24.3 Å². The van der Waals surface area contributed by atoms with E-state index in [4.69, 9.17) is 19.3 Å². The lowest BCUT2D eigenvalue weighted by Crippen LogP contribution is -2.29. The Morgan fingerprint density at radius 2 is 1.33 bits per heavy atom. The summed E-state index contributed by atoms with van der Waals surface area (Å²) >= 11 is 0. The molecule has 1 aromatic carbocycles. The molecule has 0 bridgehead atoms. The summed E-state index contributed by atoms with van der Waals surface area (Å²) in [6.07, 6.45) is 18.4. The molecule has 13 heteroatoms. The van der Waals surface area contributed by atoms with Crippen molar-refractivity contribution in [3.05, 3.63) is 24.3 Å². The van der Waals surface area contributed by atoms with E-state index in [1.165, 1.54) is 64.2 Å². The molecule has 0 radical (unpaired) electrons. The number of carbonyl (C=O) groups excluding carboxylic acids is 2. The van der Waals surface area contributed by atoms with Crippen molar-refractivity contribution >= 4 is 17.8 Å². The second-order valence-electron chi connectivity index (χ2n) is 12.6. The highest BCUT2D eigenvalue weighted by atomic mass is 16.5. The number of aromatic amines is 1. The molecule has 2 rings (SSSR count). The number of benzene rings is 1. The molecule has 0 fully saturated rings. The SMILES string of the molecule is C[C@@H](CCCCNC(=O)COCCOCCNC(=O)CCCCCCCCCCCCCCCOc1ccc(-c2nnn[nH]2)cc1)C(=O)O. The molecule has 2 aromatic rings. The van der Waals surface area contributed by atoms with Gasteiger partial charge in [0.2, 0.25) is 11.8 Å². The lowest BCUT2D eigenvalue weighted by molar-refractivity contribution is -0.141. The zero-order valence-corrected chi connectivity index (χ0v) is 29.6. The molecule has 4 N–H and O–H groups in total. The molecule has 0 saturated carbocycles. The van der Waals surface area contributed by atoms with Crippen molar-refractivity contribution < 1.29 is 33.7 Å². The molecule has 1 heterocycles. The number of rotatable bonds is 32. The maximum atomic E-state index is 12.0. The highest BCUT2D eigenvalue weighted by Crippen LogP contribution is 2.19. The van der Waals surface area contributed by atoms with Gasteiger partial charge in [0.15, 0.2) is 5.82 Å². The Morgan fingerprint density at radius 1 is 0.714 bits per heavy atom.